The predicted molar refractivity (Wildman–Crippen MR) is 67.4 cm³/mol. The maximum absolute atomic E-state index is 5.56. The Hall–Kier alpha value is -0.0800. The van der Waals surface area contributed by atoms with Crippen LogP contribution >= 0.6 is 0 Å². The molecule has 1 N–H and O–H groups in total. The standard InChI is InChI=1S/C13H29NO/c1-3-5-6-8-12-15-13-9-7-11-14-10-4-2/h14H,3-13H2,1-2H3. The molecular formula is C13H29NO. The molecule has 0 spiro atoms. The third-order valence-corrected chi connectivity index (χ3v) is 2.46. The van der Waals surface area contributed by atoms with Crippen molar-refractivity contribution in [3.63, 3.8) is 0 Å². The number of nitrogens with one attached hydrogen (secondary N) is 1. The van der Waals surface area contributed by atoms with Crippen LogP contribution in [-0.2, 0) is 4.74 Å². The monoisotopic (exact) mass is 215 g/mol. The van der Waals surface area contributed by atoms with Crippen LogP contribution in [0.2, 0.25) is 0 Å². The first-order valence-electron chi connectivity index (χ1n) is 6.70. The molecule has 15 heavy (non-hydrogen) atoms. The highest BCUT2D eigenvalue weighted by molar-refractivity contribution is 4.47. The summed E-state index contributed by atoms with van der Waals surface area (Å²) in [5.74, 6) is 0. The van der Waals surface area contributed by atoms with Crippen LogP contribution < -0.4 is 5.32 Å². The van der Waals surface area contributed by atoms with Crippen molar-refractivity contribution in [3.05, 3.63) is 0 Å². The van der Waals surface area contributed by atoms with Crippen LogP contribution in [0.1, 0.15) is 58.8 Å². The van der Waals surface area contributed by atoms with Crippen LogP contribution in [0.3, 0.4) is 0 Å². The van der Waals surface area contributed by atoms with E-state index in [0.717, 1.165) is 26.3 Å². The van der Waals surface area contributed by atoms with Crippen molar-refractivity contribution in [1.29, 1.82) is 0 Å². The lowest BCUT2D eigenvalue weighted by atomic mass is 10.2. The third kappa shape index (κ3) is 13.9. The van der Waals surface area contributed by atoms with E-state index in [1.54, 1.807) is 0 Å². The van der Waals surface area contributed by atoms with Gasteiger partial charge in [-0.1, -0.05) is 33.1 Å². The largest absolute Gasteiger partial charge is 0.381 e. The minimum absolute atomic E-state index is 0.944. The summed E-state index contributed by atoms with van der Waals surface area (Å²) in [4.78, 5) is 0. The van der Waals surface area contributed by atoms with Crippen molar-refractivity contribution in [2.45, 2.75) is 58.8 Å². The fourth-order valence-electron chi connectivity index (χ4n) is 1.49. The molecule has 0 unspecified atom stereocenters. The van der Waals surface area contributed by atoms with Gasteiger partial charge in [0.15, 0.2) is 0 Å². The Morgan fingerprint density at radius 1 is 0.733 bits per heavy atom. The lowest BCUT2D eigenvalue weighted by Crippen LogP contribution is -2.16. The second-order valence-electron chi connectivity index (χ2n) is 4.13. The van der Waals surface area contributed by atoms with E-state index in [1.807, 2.05) is 0 Å². The van der Waals surface area contributed by atoms with Crippen molar-refractivity contribution < 1.29 is 4.74 Å². The maximum Gasteiger partial charge on any atom is 0.0466 e. The summed E-state index contributed by atoms with van der Waals surface area (Å²) in [6, 6.07) is 0. The first-order chi connectivity index (χ1) is 7.41. The van der Waals surface area contributed by atoms with Gasteiger partial charge in [0.2, 0.25) is 0 Å². The number of rotatable bonds is 12. The summed E-state index contributed by atoms with van der Waals surface area (Å²) in [5, 5.41) is 3.40. The molecule has 0 rings (SSSR count). The molecule has 2 heteroatoms. The third-order valence-electron chi connectivity index (χ3n) is 2.46. The fourth-order valence-corrected chi connectivity index (χ4v) is 1.49. The van der Waals surface area contributed by atoms with Gasteiger partial charge >= 0.3 is 0 Å². The van der Waals surface area contributed by atoms with Crippen LogP contribution in [0.25, 0.3) is 0 Å². The highest BCUT2D eigenvalue weighted by Gasteiger charge is 1.91. The van der Waals surface area contributed by atoms with Gasteiger partial charge in [0.25, 0.3) is 0 Å². The molecule has 0 saturated heterocycles. The van der Waals surface area contributed by atoms with E-state index in [1.165, 1.54) is 44.9 Å². The molecule has 0 aliphatic heterocycles. The number of unbranched alkanes of at least 4 members (excludes halogenated alkanes) is 4. The van der Waals surface area contributed by atoms with Crippen LogP contribution in [0, 0.1) is 0 Å². The normalized spacial score (nSPS) is 10.8. The van der Waals surface area contributed by atoms with Gasteiger partial charge in [-0.2, -0.15) is 0 Å². The highest BCUT2D eigenvalue weighted by Crippen LogP contribution is 1.99. The summed E-state index contributed by atoms with van der Waals surface area (Å²) in [6.45, 7) is 8.64. The van der Waals surface area contributed by atoms with Crippen LogP contribution in [0.15, 0.2) is 0 Å². The van der Waals surface area contributed by atoms with Gasteiger partial charge in [-0.15, -0.1) is 0 Å². The molecule has 0 aliphatic carbocycles. The molecule has 0 aromatic carbocycles. The van der Waals surface area contributed by atoms with Gasteiger partial charge in [-0.3, -0.25) is 0 Å². The molecule has 2 nitrogen and oxygen atoms in total. The lowest BCUT2D eigenvalue weighted by molar-refractivity contribution is 0.126. The zero-order valence-corrected chi connectivity index (χ0v) is 10.7. The Balaban J connectivity index is 2.81. The van der Waals surface area contributed by atoms with Crippen molar-refractivity contribution >= 4 is 0 Å². The van der Waals surface area contributed by atoms with E-state index >= 15 is 0 Å². The second-order valence-corrected chi connectivity index (χ2v) is 4.13. The Morgan fingerprint density at radius 3 is 2.13 bits per heavy atom. The molecule has 0 atom stereocenters. The molecule has 0 amide bonds. The molecule has 0 bridgehead atoms. The smallest absolute Gasteiger partial charge is 0.0466 e. The number of hydrogen-bond acceptors (Lipinski definition) is 2. The van der Waals surface area contributed by atoms with Gasteiger partial charge in [0, 0.05) is 13.2 Å². The predicted octanol–water partition coefficient (Wildman–Crippen LogP) is 3.36. The molecule has 0 aromatic heterocycles. The van der Waals surface area contributed by atoms with E-state index in [4.69, 9.17) is 4.74 Å². The van der Waals surface area contributed by atoms with E-state index < -0.39 is 0 Å². The second kappa shape index (κ2) is 13.9. The summed E-state index contributed by atoms with van der Waals surface area (Å²) in [6.07, 6.45) is 8.90. The summed E-state index contributed by atoms with van der Waals surface area (Å²) in [7, 11) is 0. The SMILES string of the molecule is CCCCCCOCCCCNCCC. The zero-order chi connectivity index (χ0) is 11.2. The van der Waals surface area contributed by atoms with Crippen LogP contribution in [0.4, 0.5) is 0 Å². The summed E-state index contributed by atoms with van der Waals surface area (Å²) < 4.78 is 5.56. The average Bonchev–Trinajstić information content (AvgIpc) is 2.26. The van der Waals surface area contributed by atoms with Gasteiger partial charge in [0.05, 0.1) is 0 Å². The average molecular weight is 215 g/mol. The van der Waals surface area contributed by atoms with Gasteiger partial charge in [0.1, 0.15) is 0 Å². The van der Waals surface area contributed by atoms with E-state index in [-0.39, 0.29) is 0 Å². The van der Waals surface area contributed by atoms with Crippen molar-refractivity contribution in [1.82, 2.24) is 5.32 Å². The van der Waals surface area contributed by atoms with E-state index in [0.29, 0.717) is 0 Å². The minimum Gasteiger partial charge on any atom is -0.381 e. The van der Waals surface area contributed by atoms with Gasteiger partial charge < -0.3 is 10.1 Å². The fraction of sp³-hybridized carbons (Fsp3) is 1.00. The summed E-state index contributed by atoms with van der Waals surface area (Å²) in [5.41, 5.74) is 0. The quantitative estimate of drug-likeness (QED) is 0.504. The van der Waals surface area contributed by atoms with Gasteiger partial charge in [-0.25, -0.2) is 0 Å². The molecule has 0 aliphatic rings. The number of ether oxygens (including phenoxy) is 1. The Bertz CT molecular complexity index is 94.7. The van der Waals surface area contributed by atoms with E-state index in [2.05, 4.69) is 19.2 Å². The van der Waals surface area contributed by atoms with Gasteiger partial charge in [-0.05, 0) is 38.8 Å². The highest BCUT2D eigenvalue weighted by atomic mass is 16.5. The first kappa shape index (κ1) is 14.9. The molecule has 92 valence electrons. The molecule has 0 heterocycles. The number of hydrogen-bond donors (Lipinski definition) is 1. The summed E-state index contributed by atoms with van der Waals surface area (Å²) >= 11 is 0. The molecule has 0 saturated carbocycles. The van der Waals surface area contributed by atoms with Crippen molar-refractivity contribution in [3.8, 4) is 0 Å². The van der Waals surface area contributed by atoms with E-state index in [9.17, 15) is 0 Å². The molecule has 0 radical (unpaired) electrons. The Morgan fingerprint density at radius 2 is 1.47 bits per heavy atom. The Kier molecular flexibility index (Phi) is 13.8. The van der Waals surface area contributed by atoms with Crippen molar-refractivity contribution in [2.24, 2.45) is 0 Å². The molecule has 0 aromatic rings. The minimum atomic E-state index is 0.944. The topological polar surface area (TPSA) is 21.3 Å². The lowest BCUT2D eigenvalue weighted by Gasteiger charge is -2.04. The van der Waals surface area contributed by atoms with Crippen LogP contribution in [0.5, 0.6) is 0 Å². The van der Waals surface area contributed by atoms with Crippen LogP contribution in [-0.4, -0.2) is 26.3 Å². The zero-order valence-electron chi connectivity index (χ0n) is 10.7. The first-order valence-corrected chi connectivity index (χ1v) is 6.70. The molecular weight excluding hydrogens is 186 g/mol. The van der Waals surface area contributed by atoms with Crippen molar-refractivity contribution in [2.75, 3.05) is 26.3 Å². The molecule has 0 fully saturated rings. The Labute approximate surface area is 95.8 Å². The maximum atomic E-state index is 5.56.